The summed E-state index contributed by atoms with van der Waals surface area (Å²) in [5.41, 5.74) is 5.53. The molecule has 1 aromatic rings. The molecule has 0 saturated carbocycles. The van der Waals surface area contributed by atoms with E-state index in [2.05, 4.69) is 5.32 Å². The lowest BCUT2D eigenvalue weighted by atomic mass is 10.2. The van der Waals surface area contributed by atoms with Crippen LogP contribution in [0.15, 0.2) is 24.3 Å². The fourth-order valence-corrected chi connectivity index (χ4v) is 1.48. The van der Waals surface area contributed by atoms with Crippen LogP contribution in [0.2, 0.25) is 0 Å². The first-order valence-electron chi connectivity index (χ1n) is 6.04. The molecule has 106 valence electrons. The Morgan fingerprint density at radius 2 is 2.21 bits per heavy atom. The summed E-state index contributed by atoms with van der Waals surface area (Å²) >= 11 is 0. The number of hydrogen-bond acceptors (Lipinski definition) is 5. The molecule has 1 rings (SSSR count). The van der Waals surface area contributed by atoms with Crippen molar-refractivity contribution in [3.63, 3.8) is 0 Å². The van der Waals surface area contributed by atoms with Gasteiger partial charge < -0.3 is 25.6 Å². The Kier molecular flexibility index (Phi) is 6.88. The molecule has 1 unspecified atom stereocenters. The summed E-state index contributed by atoms with van der Waals surface area (Å²) in [5, 5.41) is 12.7. The highest BCUT2D eigenvalue weighted by molar-refractivity contribution is 5.95. The van der Waals surface area contributed by atoms with Gasteiger partial charge in [-0.1, -0.05) is 12.1 Å². The van der Waals surface area contributed by atoms with Crippen LogP contribution in [0.25, 0.3) is 0 Å². The Bertz CT molecular complexity index is 398. The van der Waals surface area contributed by atoms with Crippen LogP contribution in [0.1, 0.15) is 10.4 Å². The summed E-state index contributed by atoms with van der Waals surface area (Å²) in [7, 11) is 1.61. The zero-order chi connectivity index (χ0) is 14.1. The molecule has 1 amide bonds. The van der Waals surface area contributed by atoms with Gasteiger partial charge in [-0.15, -0.1) is 0 Å². The van der Waals surface area contributed by atoms with Gasteiger partial charge in [-0.25, -0.2) is 0 Å². The van der Waals surface area contributed by atoms with E-state index in [1.807, 2.05) is 0 Å². The third-order valence-electron chi connectivity index (χ3n) is 2.45. The molecule has 0 heterocycles. The molecular weight excluding hydrogens is 248 g/mol. The molecule has 0 aliphatic carbocycles. The van der Waals surface area contributed by atoms with Gasteiger partial charge in [0, 0.05) is 20.2 Å². The number of para-hydroxylation sites is 1. The van der Waals surface area contributed by atoms with Crippen molar-refractivity contribution in [2.24, 2.45) is 5.73 Å². The van der Waals surface area contributed by atoms with Gasteiger partial charge >= 0.3 is 0 Å². The number of nitrogens with two attached hydrogens (primary N) is 1. The molecule has 0 spiro atoms. The first-order valence-corrected chi connectivity index (χ1v) is 6.04. The highest BCUT2D eigenvalue weighted by Gasteiger charge is 2.10. The SMILES string of the molecule is COCCNCC(O)COc1ccccc1C(N)=O. The maximum atomic E-state index is 11.2. The molecular formula is C13H20N2O4. The van der Waals surface area contributed by atoms with E-state index in [0.717, 1.165) is 0 Å². The van der Waals surface area contributed by atoms with Crippen LogP contribution in [0, 0.1) is 0 Å². The minimum absolute atomic E-state index is 0.0876. The molecule has 0 saturated heterocycles. The number of aliphatic hydroxyl groups is 1. The van der Waals surface area contributed by atoms with Crippen molar-refractivity contribution in [1.82, 2.24) is 5.32 Å². The second-order valence-corrected chi connectivity index (χ2v) is 4.02. The molecule has 0 radical (unpaired) electrons. The zero-order valence-corrected chi connectivity index (χ0v) is 11.0. The number of methoxy groups -OCH3 is 1. The van der Waals surface area contributed by atoms with E-state index in [1.54, 1.807) is 31.4 Å². The smallest absolute Gasteiger partial charge is 0.252 e. The van der Waals surface area contributed by atoms with E-state index in [9.17, 15) is 9.90 Å². The van der Waals surface area contributed by atoms with E-state index in [4.69, 9.17) is 15.2 Å². The van der Waals surface area contributed by atoms with E-state index >= 15 is 0 Å². The Morgan fingerprint density at radius 1 is 1.47 bits per heavy atom. The highest BCUT2D eigenvalue weighted by Crippen LogP contribution is 2.17. The molecule has 0 bridgehead atoms. The van der Waals surface area contributed by atoms with Crippen molar-refractivity contribution < 1.29 is 19.4 Å². The molecule has 1 aromatic carbocycles. The molecule has 0 fully saturated rings. The van der Waals surface area contributed by atoms with Gasteiger partial charge in [0.15, 0.2) is 0 Å². The Labute approximate surface area is 112 Å². The van der Waals surface area contributed by atoms with Crippen molar-refractivity contribution in [1.29, 1.82) is 0 Å². The second kappa shape index (κ2) is 8.47. The second-order valence-electron chi connectivity index (χ2n) is 4.02. The number of aliphatic hydroxyl groups excluding tert-OH is 1. The number of rotatable bonds is 9. The van der Waals surface area contributed by atoms with Gasteiger partial charge in [-0.3, -0.25) is 4.79 Å². The monoisotopic (exact) mass is 268 g/mol. The molecule has 1 atom stereocenters. The van der Waals surface area contributed by atoms with Gasteiger partial charge in [-0.05, 0) is 12.1 Å². The molecule has 6 nitrogen and oxygen atoms in total. The number of ether oxygens (including phenoxy) is 2. The Hall–Kier alpha value is -1.63. The lowest BCUT2D eigenvalue weighted by Crippen LogP contribution is -2.33. The van der Waals surface area contributed by atoms with E-state index < -0.39 is 12.0 Å². The predicted octanol–water partition coefficient (Wildman–Crippen LogP) is -0.239. The highest BCUT2D eigenvalue weighted by atomic mass is 16.5. The molecule has 6 heteroatoms. The summed E-state index contributed by atoms with van der Waals surface area (Å²) < 4.78 is 10.3. The minimum atomic E-state index is -0.669. The number of carbonyl (C=O) groups is 1. The van der Waals surface area contributed by atoms with Gasteiger partial charge in [-0.2, -0.15) is 0 Å². The molecule has 19 heavy (non-hydrogen) atoms. The number of carbonyl (C=O) groups excluding carboxylic acids is 1. The fourth-order valence-electron chi connectivity index (χ4n) is 1.48. The molecule has 0 aliphatic heterocycles. The van der Waals surface area contributed by atoms with Gasteiger partial charge in [0.1, 0.15) is 18.5 Å². The van der Waals surface area contributed by atoms with Crippen LogP contribution >= 0.6 is 0 Å². The third kappa shape index (κ3) is 5.69. The average Bonchev–Trinajstić information content (AvgIpc) is 2.41. The predicted molar refractivity (Wildman–Crippen MR) is 71.2 cm³/mol. The van der Waals surface area contributed by atoms with Crippen molar-refractivity contribution in [2.75, 3.05) is 33.4 Å². The van der Waals surface area contributed by atoms with Crippen molar-refractivity contribution in [2.45, 2.75) is 6.10 Å². The number of amides is 1. The maximum absolute atomic E-state index is 11.2. The fraction of sp³-hybridized carbons (Fsp3) is 0.462. The number of nitrogens with one attached hydrogen (secondary N) is 1. The van der Waals surface area contributed by atoms with Gasteiger partial charge in [0.05, 0.1) is 12.2 Å². The van der Waals surface area contributed by atoms with Crippen LogP contribution in [0.3, 0.4) is 0 Å². The average molecular weight is 268 g/mol. The van der Waals surface area contributed by atoms with Gasteiger partial charge in [0.2, 0.25) is 0 Å². The van der Waals surface area contributed by atoms with Crippen LogP contribution in [-0.4, -0.2) is 50.5 Å². The molecule has 4 N–H and O–H groups in total. The first kappa shape index (κ1) is 15.4. The quantitative estimate of drug-likeness (QED) is 0.537. The van der Waals surface area contributed by atoms with Crippen molar-refractivity contribution >= 4 is 5.91 Å². The lowest BCUT2D eigenvalue weighted by Gasteiger charge is -2.14. The van der Waals surface area contributed by atoms with Crippen LogP contribution in [-0.2, 0) is 4.74 Å². The summed E-state index contributed by atoms with van der Waals surface area (Å²) in [6.45, 7) is 1.72. The summed E-state index contributed by atoms with van der Waals surface area (Å²) in [5.74, 6) is -0.172. The van der Waals surface area contributed by atoms with Crippen molar-refractivity contribution in [3.05, 3.63) is 29.8 Å². The van der Waals surface area contributed by atoms with E-state index in [0.29, 0.717) is 31.0 Å². The van der Waals surface area contributed by atoms with Gasteiger partial charge in [0.25, 0.3) is 5.91 Å². The number of hydrogen-bond donors (Lipinski definition) is 3. The van der Waals surface area contributed by atoms with Crippen LogP contribution < -0.4 is 15.8 Å². The largest absolute Gasteiger partial charge is 0.490 e. The number of primary amides is 1. The Balaban J connectivity index is 2.37. The van der Waals surface area contributed by atoms with E-state index in [-0.39, 0.29) is 6.61 Å². The van der Waals surface area contributed by atoms with Crippen molar-refractivity contribution in [3.8, 4) is 5.75 Å². The number of benzene rings is 1. The molecule has 0 aromatic heterocycles. The van der Waals surface area contributed by atoms with Crippen LogP contribution in [0.4, 0.5) is 0 Å². The first-order chi connectivity index (χ1) is 9.15. The summed E-state index contributed by atoms with van der Waals surface area (Å²) in [6.07, 6.45) is -0.669. The topological polar surface area (TPSA) is 93.8 Å². The van der Waals surface area contributed by atoms with Crippen LogP contribution in [0.5, 0.6) is 5.75 Å². The maximum Gasteiger partial charge on any atom is 0.252 e. The summed E-state index contributed by atoms with van der Waals surface area (Å²) in [6, 6.07) is 6.67. The normalized spacial score (nSPS) is 12.1. The minimum Gasteiger partial charge on any atom is -0.490 e. The zero-order valence-electron chi connectivity index (χ0n) is 11.0. The standard InChI is InChI=1S/C13H20N2O4/c1-18-7-6-15-8-10(16)9-19-12-5-3-2-4-11(12)13(14)17/h2-5,10,15-16H,6-9H2,1H3,(H2,14,17). The summed E-state index contributed by atoms with van der Waals surface area (Å²) in [4.78, 5) is 11.2. The lowest BCUT2D eigenvalue weighted by molar-refractivity contribution is 0.0956. The van der Waals surface area contributed by atoms with E-state index in [1.165, 1.54) is 0 Å². The third-order valence-corrected chi connectivity index (χ3v) is 2.45. The Morgan fingerprint density at radius 3 is 2.89 bits per heavy atom. The molecule has 0 aliphatic rings.